The van der Waals surface area contributed by atoms with Crippen LogP contribution >= 0.6 is 0 Å². The van der Waals surface area contributed by atoms with E-state index in [4.69, 9.17) is 0 Å². The molecule has 0 aromatic heterocycles. The molecule has 0 amide bonds. The van der Waals surface area contributed by atoms with Gasteiger partial charge in [-0.2, -0.15) is 0 Å². The molecule has 6 heteroatoms. The molecule has 0 spiro atoms. The van der Waals surface area contributed by atoms with Crippen LogP contribution in [-0.2, 0) is 9.47 Å². The number of ether oxygens (including phenoxy) is 2. The Morgan fingerprint density at radius 3 is 2.54 bits per heavy atom. The molecule has 0 aliphatic rings. The molecule has 0 aromatic carbocycles. The first-order valence-corrected chi connectivity index (χ1v) is 6.27. The molecule has 0 heterocycles. The van der Waals surface area contributed by atoms with Crippen molar-refractivity contribution in [3.8, 4) is 0 Å². The van der Waals surface area contributed by atoms with Gasteiger partial charge in [0.2, 0.25) is 0 Å². The summed E-state index contributed by atoms with van der Waals surface area (Å²) in [5, 5.41) is 0. The van der Waals surface area contributed by atoms with Crippen LogP contribution in [0.2, 0.25) is 12.1 Å². The lowest BCUT2D eigenvalue weighted by Gasteiger charge is -2.09. The Labute approximate surface area is 77.4 Å². The predicted molar refractivity (Wildman–Crippen MR) is 46.2 cm³/mol. The van der Waals surface area contributed by atoms with E-state index in [1.165, 1.54) is 14.0 Å². The first kappa shape index (κ1) is 12.3. The minimum absolute atomic E-state index is 0.00919. The summed E-state index contributed by atoms with van der Waals surface area (Å²) in [5.74, 6) is 0. The Morgan fingerprint density at radius 2 is 2.08 bits per heavy atom. The lowest BCUT2D eigenvalue weighted by Crippen LogP contribution is -2.21. The highest BCUT2D eigenvalue weighted by atomic mass is 28.4. The fraction of sp³-hybridized carbons (Fsp3) is 0.857. The van der Waals surface area contributed by atoms with Gasteiger partial charge in [-0.3, -0.25) is 8.22 Å². The van der Waals surface area contributed by atoms with Crippen LogP contribution in [0.25, 0.3) is 0 Å². The molecule has 0 N–H and O–H groups in total. The zero-order chi connectivity index (χ0) is 10.3. The van der Waals surface area contributed by atoms with Crippen molar-refractivity contribution in [2.45, 2.75) is 25.4 Å². The van der Waals surface area contributed by atoms with Gasteiger partial charge in [0.1, 0.15) is 0 Å². The molecule has 0 saturated heterocycles. The predicted octanol–water partition coefficient (Wildman–Crippen LogP) is 2.56. The molecule has 0 unspecified atom stereocenters. The summed E-state index contributed by atoms with van der Waals surface area (Å²) in [6.07, 6.45) is -0.608. The average molecular weight is 212 g/mol. The lowest BCUT2D eigenvalue weighted by molar-refractivity contribution is 0.0725. The largest absolute Gasteiger partial charge is 0.507 e. The molecule has 0 radical (unpaired) electrons. The SMILES string of the molecule is CC[Si](F)(F)CCCOC(=O)OC. The van der Waals surface area contributed by atoms with Crippen LogP contribution in [0.4, 0.5) is 13.0 Å². The van der Waals surface area contributed by atoms with Crippen LogP contribution in [-0.4, -0.2) is 28.6 Å². The summed E-state index contributed by atoms with van der Waals surface area (Å²) < 4.78 is 34.1. The Balaban J connectivity index is 3.41. The van der Waals surface area contributed by atoms with Gasteiger partial charge in [-0.15, -0.1) is 0 Å². The number of methoxy groups -OCH3 is 1. The van der Waals surface area contributed by atoms with E-state index in [2.05, 4.69) is 9.47 Å². The summed E-state index contributed by atoms with van der Waals surface area (Å²) in [7, 11) is -2.81. The average Bonchev–Trinajstić information content (AvgIpc) is 2.12. The van der Waals surface area contributed by atoms with Crippen molar-refractivity contribution >= 4 is 14.9 Å². The van der Waals surface area contributed by atoms with E-state index in [-0.39, 0.29) is 25.1 Å². The van der Waals surface area contributed by atoms with E-state index in [1.54, 1.807) is 0 Å². The van der Waals surface area contributed by atoms with Crippen molar-refractivity contribution in [2.75, 3.05) is 13.7 Å². The Kier molecular flexibility index (Phi) is 5.61. The van der Waals surface area contributed by atoms with Crippen molar-refractivity contribution in [1.82, 2.24) is 0 Å². The highest BCUT2D eigenvalue weighted by molar-refractivity contribution is 6.65. The first-order valence-electron chi connectivity index (χ1n) is 4.10. The molecular weight excluding hydrogens is 198 g/mol. The van der Waals surface area contributed by atoms with E-state index in [0.717, 1.165) is 0 Å². The summed E-state index contributed by atoms with van der Waals surface area (Å²) in [6.45, 7) is 1.49. The minimum Gasteiger partial charge on any atom is -0.438 e. The Bertz CT molecular complexity index is 164. The third-order valence-corrected chi connectivity index (χ3v) is 3.71. The number of carbonyl (C=O) groups is 1. The second-order valence-electron chi connectivity index (χ2n) is 2.62. The molecule has 13 heavy (non-hydrogen) atoms. The number of hydrogen-bond acceptors (Lipinski definition) is 3. The molecule has 0 aliphatic carbocycles. The van der Waals surface area contributed by atoms with Crippen molar-refractivity contribution in [3.63, 3.8) is 0 Å². The van der Waals surface area contributed by atoms with Crippen LogP contribution < -0.4 is 0 Å². The maximum Gasteiger partial charge on any atom is 0.507 e. The Morgan fingerprint density at radius 1 is 1.46 bits per heavy atom. The molecule has 0 aliphatic heterocycles. The normalized spacial score (nSPS) is 11.1. The molecular formula is C7H14F2O3Si. The second kappa shape index (κ2) is 5.90. The van der Waals surface area contributed by atoms with Crippen LogP contribution in [0.3, 0.4) is 0 Å². The minimum atomic E-state index is -3.99. The van der Waals surface area contributed by atoms with Crippen molar-refractivity contribution in [1.29, 1.82) is 0 Å². The molecule has 0 saturated carbocycles. The smallest absolute Gasteiger partial charge is 0.438 e. The zero-order valence-electron chi connectivity index (χ0n) is 7.81. The van der Waals surface area contributed by atoms with Crippen molar-refractivity contribution < 1.29 is 22.5 Å². The second-order valence-corrected chi connectivity index (χ2v) is 5.53. The standard InChI is InChI=1S/C7H14F2O3Si/c1-3-13(8,9)6-4-5-12-7(10)11-2/h3-6H2,1-2H3. The van der Waals surface area contributed by atoms with Crippen molar-refractivity contribution in [3.05, 3.63) is 0 Å². The summed E-state index contributed by atoms with van der Waals surface area (Å²) >= 11 is 0. The summed E-state index contributed by atoms with van der Waals surface area (Å²) in [5.41, 5.74) is 0. The van der Waals surface area contributed by atoms with Gasteiger partial charge in [0, 0.05) is 6.04 Å². The molecule has 3 nitrogen and oxygen atoms in total. The molecule has 0 bridgehead atoms. The number of halogens is 2. The molecule has 0 atom stereocenters. The highest BCUT2D eigenvalue weighted by Crippen LogP contribution is 2.20. The lowest BCUT2D eigenvalue weighted by atomic mass is 10.5. The zero-order valence-corrected chi connectivity index (χ0v) is 8.81. The van der Waals surface area contributed by atoms with Gasteiger partial charge in [0.25, 0.3) is 0 Å². The van der Waals surface area contributed by atoms with Crippen LogP contribution in [0.1, 0.15) is 13.3 Å². The van der Waals surface area contributed by atoms with Gasteiger partial charge in [0.15, 0.2) is 0 Å². The Hall–Kier alpha value is -0.653. The van der Waals surface area contributed by atoms with Crippen LogP contribution in [0.15, 0.2) is 0 Å². The van der Waals surface area contributed by atoms with Gasteiger partial charge in [0.05, 0.1) is 13.7 Å². The van der Waals surface area contributed by atoms with E-state index in [1.807, 2.05) is 0 Å². The number of carbonyl (C=O) groups excluding carboxylic acids is 1. The monoisotopic (exact) mass is 212 g/mol. The van der Waals surface area contributed by atoms with E-state index >= 15 is 0 Å². The topological polar surface area (TPSA) is 35.5 Å². The summed E-state index contributed by atoms with van der Waals surface area (Å²) in [4.78, 5) is 10.4. The van der Waals surface area contributed by atoms with Crippen LogP contribution in [0.5, 0.6) is 0 Å². The van der Waals surface area contributed by atoms with Crippen molar-refractivity contribution in [2.24, 2.45) is 0 Å². The third kappa shape index (κ3) is 6.50. The van der Waals surface area contributed by atoms with E-state index < -0.39 is 14.9 Å². The first-order chi connectivity index (χ1) is 6.02. The van der Waals surface area contributed by atoms with E-state index in [0.29, 0.717) is 0 Å². The third-order valence-electron chi connectivity index (χ3n) is 1.59. The van der Waals surface area contributed by atoms with Gasteiger partial charge < -0.3 is 9.47 Å². The van der Waals surface area contributed by atoms with Crippen LogP contribution in [0, 0.1) is 0 Å². The number of hydrogen-bond donors (Lipinski definition) is 0. The fourth-order valence-corrected chi connectivity index (χ4v) is 1.74. The van der Waals surface area contributed by atoms with E-state index in [9.17, 15) is 13.0 Å². The highest BCUT2D eigenvalue weighted by Gasteiger charge is 2.31. The summed E-state index contributed by atoms with van der Waals surface area (Å²) in [6, 6.07) is -0.175. The van der Waals surface area contributed by atoms with Gasteiger partial charge in [-0.1, -0.05) is 6.92 Å². The van der Waals surface area contributed by atoms with Gasteiger partial charge >= 0.3 is 14.9 Å². The van der Waals surface area contributed by atoms with Gasteiger partial charge in [-0.25, -0.2) is 4.79 Å². The molecule has 78 valence electrons. The molecule has 0 rings (SSSR count). The maximum atomic E-state index is 12.7. The van der Waals surface area contributed by atoms with Gasteiger partial charge in [-0.05, 0) is 12.5 Å². The quantitative estimate of drug-likeness (QED) is 0.304. The molecule has 0 fully saturated rings. The number of rotatable bonds is 5. The fourth-order valence-electron chi connectivity index (χ4n) is 0.722. The molecule has 0 aromatic rings. The maximum absolute atomic E-state index is 12.7.